The second-order valence-electron chi connectivity index (χ2n) is 3.48. The molecule has 0 aliphatic carbocycles. The normalized spacial score (nSPS) is 10.7. The highest BCUT2D eigenvalue weighted by Crippen LogP contribution is 2.25. The second kappa shape index (κ2) is 6.65. The summed E-state index contributed by atoms with van der Waals surface area (Å²) in [7, 11) is 3.39. The number of benzene rings is 1. The van der Waals surface area contributed by atoms with E-state index < -0.39 is 4.92 Å². The molecule has 17 heavy (non-hydrogen) atoms. The standard InChI is InChI=1S/C12H16N2O3/c1-13-8-4-3-5-10-6-7-11(14(15)16)9-12(10)17-2/h3,5-7,9,13H,4,8H2,1-2H3. The van der Waals surface area contributed by atoms with Crippen LogP contribution in [0.1, 0.15) is 12.0 Å². The Morgan fingerprint density at radius 3 is 2.88 bits per heavy atom. The summed E-state index contributed by atoms with van der Waals surface area (Å²) >= 11 is 0. The van der Waals surface area contributed by atoms with Gasteiger partial charge in [0.2, 0.25) is 0 Å². The van der Waals surface area contributed by atoms with Crippen LogP contribution in [-0.2, 0) is 0 Å². The molecule has 92 valence electrons. The van der Waals surface area contributed by atoms with Crippen LogP contribution in [0.4, 0.5) is 5.69 Å². The number of nitrogens with one attached hydrogen (secondary N) is 1. The van der Waals surface area contributed by atoms with Crippen molar-refractivity contribution in [2.75, 3.05) is 20.7 Å². The van der Waals surface area contributed by atoms with E-state index in [-0.39, 0.29) is 5.69 Å². The Labute approximate surface area is 100 Å². The zero-order chi connectivity index (χ0) is 12.7. The van der Waals surface area contributed by atoms with Crippen LogP contribution in [0, 0.1) is 10.1 Å². The number of methoxy groups -OCH3 is 1. The fraction of sp³-hybridized carbons (Fsp3) is 0.333. The van der Waals surface area contributed by atoms with Gasteiger partial charge in [-0.15, -0.1) is 0 Å². The molecule has 1 N–H and O–H groups in total. The minimum Gasteiger partial charge on any atom is -0.496 e. The van der Waals surface area contributed by atoms with Gasteiger partial charge in [0.25, 0.3) is 5.69 Å². The van der Waals surface area contributed by atoms with Gasteiger partial charge in [-0.05, 0) is 26.1 Å². The van der Waals surface area contributed by atoms with Gasteiger partial charge >= 0.3 is 0 Å². The molecule has 0 aliphatic rings. The van der Waals surface area contributed by atoms with Crippen molar-refractivity contribution in [1.82, 2.24) is 5.32 Å². The topological polar surface area (TPSA) is 64.4 Å². The lowest BCUT2D eigenvalue weighted by atomic mass is 10.1. The molecular weight excluding hydrogens is 220 g/mol. The van der Waals surface area contributed by atoms with E-state index in [9.17, 15) is 10.1 Å². The molecular formula is C12H16N2O3. The molecule has 0 spiro atoms. The maximum atomic E-state index is 10.6. The van der Waals surface area contributed by atoms with Crippen LogP contribution >= 0.6 is 0 Å². The molecule has 0 bridgehead atoms. The van der Waals surface area contributed by atoms with Crippen LogP contribution in [0.3, 0.4) is 0 Å². The molecule has 0 amide bonds. The number of hydrogen-bond acceptors (Lipinski definition) is 4. The minimum absolute atomic E-state index is 0.0363. The lowest BCUT2D eigenvalue weighted by Gasteiger charge is -2.04. The first-order chi connectivity index (χ1) is 8.19. The predicted octanol–water partition coefficient (Wildman–Crippen LogP) is 2.23. The average molecular weight is 236 g/mol. The first-order valence-corrected chi connectivity index (χ1v) is 5.32. The quantitative estimate of drug-likeness (QED) is 0.467. The van der Waals surface area contributed by atoms with E-state index in [1.165, 1.54) is 19.2 Å². The van der Waals surface area contributed by atoms with Crippen LogP contribution in [0.15, 0.2) is 24.3 Å². The van der Waals surface area contributed by atoms with Gasteiger partial charge in [-0.3, -0.25) is 10.1 Å². The first kappa shape index (κ1) is 13.2. The van der Waals surface area contributed by atoms with Gasteiger partial charge < -0.3 is 10.1 Å². The zero-order valence-corrected chi connectivity index (χ0v) is 9.97. The van der Waals surface area contributed by atoms with Crippen molar-refractivity contribution in [2.24, 2.45) is 0 Å². The van der Waals surface area contributed by atoms with Crippen LogP contribution in [0.5, 0.6) is 5.75 Å². The second-order valence-corrected chi connectivity index (χ2v) is 3.48. The summed E-state index contributed by atoms with van der Waals surface area (Å²) in [5.74, 6) is 0.514. The van der Waals surface area contributed by atoms with E-state index in [0.717, 1.165) is 18.5 Å². The summed E-state index contributed by atoms with van der Waals surface area (Å²) in [6, 6.07) is 4.59. The fourth-order valence-corrected chi connectivity index (χ4v) is 1.39. The van der Waals surface area contributed by atoms with Gasteiger partial charge in [0.05, 0.1) is 18.1 Å². The Balaban J connectivity index is 2.85. The molecule has 0 aliphatic heterocycles. The van der Waals surface area contributed by atoms with Crippen molar-refractivity contribution in [2.45, 2.75) is 6.42 Å². The van der Waals surface area contributed by atoms with E-state index in [1.807, 2.05) is 19.2 Å². The maximum Gasteiger partial charge on any atom is 0.273 e. The van der Waals surface area contributed by atoms with Crippen molar-refractivity contribution in [3.8, 4) is 5.75 Å². The largest absolute Gasteiger partial charge is 0.496 e. The Morgan fingerprint density at radius 1 is 1.53 bits per heavy atom. The molecule has 0 saturated heterocycles. The van der Waals surface area contributed by atoms with Crippen LogP contribution in [0.25, 0.3) is 6.08 Å². The lowest BCUT2D eigenvalue weighted by molar-refractivity contribution is -0.384. The average Bonchev–Trinajstić information content (AvgIpc) is 2.34. The molecule has 0 heterocycles. The van der Waals surface area contributed by atoms with E-state index in [4.69, 9.17) is 4.74 Å². The van der Waals surface area contributed by atoms with Gasteiger partial charge in [-0.1, -0.05) is 12.2 Å². The van der Waals surface area contributed by atoms with E-state index in [1.54, 1.807) is 6.07 Å². The summed E-state index contributed by atoms with van der Waals surface area (Å²) in [5, 5.41) is 13.6. The summed E-state index contributed by atoms with van der Waals surface area (Å²) < 4.78 is 5.12. The smallest absolute Gasteiger partial charge is 0.273 e. The van der Waals surface area contributed by atoms with Crippen molar-refractivity contribution < 1.29 is 9.66 Å². The van der Waals surface area contributed by atoms with E-state index in [0.29, 0.717) is 5.75 Å². The number of non-ortho nitro benzene ring substituents is 1. The molecule has 0 aromatic heterocycles. The number of hydrogen-bond donors (Lipinski definition) is 1. The maximum absolute atomic E-state index is 10.6. The molecule has 1 aromatic rings. The van der Waals surface area contributed by atoms with Gasteiger partial charge in [0.1, 0.15) is 5.75 Å². The highest BCUT2D eigenvalue weighted by atomic mass is 16.6. The molecule has 0 radical (unpaired) electrons. The number of rotatable bonds is 6. The lowest BCUT2D eigenvalue weighted by Crippen LogP contribution is -2.05. The molecule has 0 fully saturated rings. The van der Waals surface area contributed by atoms with Gasteiger partial charge in [-0.25, -0.2) is 0 Å². The Kier molecular flexibility index (Phi) is 5.16. The molecule has 5 heteroatoms. The molecule has 0 unspecified atom stereocenters. The third-order valence-electron chi connectivity index (χ3n) is 2.29. The number of nitrogens with zero attached hydrogens (tertiary/aromatic N) is 1. The highest BCUT2D eigenvalue weighted by molar-refractivity contribution is 5.60. The summed E-state index contributed by atoms with van der Waals surface area (Å²) in [5.41, 5.74) is 0.878. The van der Waals surface area contributed by atoms with Crippen molar-refractivity contribution in [3.05, 3.63) is 40.0 Å². The number of nitro benzene ring substituents is 1. The van der Waals surface area contributed by atoms with Crippen LogP contribution in [-0.4, -0.2) is 25.6 Å². The summed E-state index contributed by atoms with van der Waals surface area (Å²) in [6.07, 6.45) is 4.80. The SMILES string of the molecule is CNCCC=Cc1ccc([N+](=O)[O-])cc1OC. The van der Waals surface area contributed by atoms with Crippen molar-refractivity contribution >= 4 is 11.8 Å². The molecule has 0 atom stereocenters. The highest BCUT2D eigenvalue weighted by Gasteiger charge is 2.09. The molecule has 0 saturated carbocycles. The Morgan fingerprint density at radius 2 is 2.29 bits per heavy atom. The summed E-state index contributed by atoms with van der Waals surface area (Å²) in [4.78, 5) is 10.2. The third-order valence-corrected chi connectivity index (χ3v) is 2.29. The van der Waals surface area contributed by atoms with Gasteiger partial charge in [-0.2, -0.15) is 0 Å². The van der Waals surface area contributed by atoms with Gasteiger partial charge in [0, 0.05) is 11.6 Å². The van der Waals surface area contributed by atoms with E-state index >= 15 is 0 Å². The molecule has 1 rings (SSSR count). The van der Waals surface area contributed by atoms with Crippen LogP contribution in [0.2, 0.25) is 0 Å². The Hall–Kier alpha value is -1.88. The molecule has 1 aromatic carbocycles. The van der Waals surface area contributed by atoms with E-state index in [2.05, 4.69) is 5.32 Å². The number of ether oxygens (including phenoxy) is 1. The van der Waals surface area contributed by atoms with Crippen LogP contribution < -0.4 is 10.1 Å². The summed E-state index contributed by atoms with van der Waals surface area (Å²) in [6.45, 7) is 0.895. The third kappa shape index (κ3) is 3.88. The zero-order valence-electron chi connectivity index (χ0n) is 9.97. The fourth-order valence-electron chi connectivity index (χ4n) is 1.39. The van der Waals surface area contributed by atoms with Crippen molar-refractivity contribution in [3.63, 3.8) is 0 Å². The Bertz CT molecular complexity index is 416. The van der Waals surface area contributed by atoms with Gasteiger partial charge in [0.15, 0.2) is 0 Å². The first-order valence-electron chi connectivity index (χ1n) is 5.32. The monoisotopic (exact) mass is 236 g/mol. The minimum atomic E-state index is -0.434. The van der Waals surface area contributed by atoms with Crippen molar-refractivity contribution in [1.29, 1.82) is 0 Å². The predicted molar refractivity (Wildman–Crippen MR) is 67.2 cm³/mol. The number of nitro groups is 1. The molecule has 5 nitrogen and oxygen atoms in total.